The standard InChI is InChI=1S/C45H26N4O/c46-27-31-26-38-41(33-18-8-7-17-32(31)33)34-24-23-30(25-37(34)45(38)35-19-9-11-21-39(35)50-40-22-12-10-20-36(40)45)44-48-42(28-13-3-1-4-14-28)47-43(49-44)29-15-5-2-6-16-29/h1-26H. The van der Waals surface area contributed by atoms with Crippen molar-refractivity contribution >= 4 is 10.8 Å². The third kappa shape index (κ3) is 3.97. The normalized spacial score (nSPS) is 13.1. The molecule has 0 amide bonds. The Morgan fingerprint density at radius 1 is 0.460 bits per heavy atom. The van der Waals surface area contributed by atoms with Crippen molar-refractivity contribution in [3.05, 3.63) is 186 Å². The number of aromatic nitrogens is 3. The number of fused-ring (bicyclic) bond motifs is 11. The fraction of sp³-hybridized carbons (Fsp3) is 0.0222. The third-order valence-corrected chi connectivity index (χ3v) is 10.0. The second-order valence-electron chi connectivity index (χ2n) is 12.6. The van der Waals surface area contributed by atoms with Crippen LogP contribution in [0.25, 0.3) is 56.1 Å². The average molecular weight is 639 g/mol. The van der Waals surface area contributed by atoms with Gasteiger partial charge in [0.15, 0.2) is 17.5 Å². The molecule has 0 radical (unpaired) electrons. The number of hydrogen-bond donors (Lipinski definition) is 0. The van der Waals surface area contributed by atoms with Crippen LogP contribution in [-0.4, -0.2) is 15.0 Å². The van der Waals surface area contributed by atoms with Crippen LogP contribution in [-0.2, 0) is 5.41 Å². The largest absolute Gasteiger partial charge is 0.457 e. The minimum Gasteiger partial charge on any atom is -0.457 e. The van der Waals surface area contributed by atoms with Gasteiger partial charge < -0.3 is 4.74 Å². The van der Waals surface area contributed by atoms with E-state index in [1.807, 2.05) is 97.1 Å². The lowest BCUT2D eigenvalue weighted by molar-refractivity contribution is 0.436. The highest BCUT2D eigenvalue weighted by molar-refractivity contribution is 6.07. The molecule has 7 aromatic carbocycles. The van der Waals surface area contributed by atoms with E-state index in [9.17, 15) is 5.26 Å². The molecule has 0 bridgehead atoms. The molecule has 0 fully saturated rings. The second kappa shape index (κ2) is 10.8. The first-order chi connectivity index (χ1) is 24.7. The van der Waals surface area contributed by atoms with Gasteiger partial charge in [-0.2, -0.15) is 5.26 Å². The Morgan fingerprint density at radius 3 is 1.58 bits per heavy atom. The minimum absolute atomic E-state index is 0.586. The SMILES string of the molecule is N#Cc1cc2c(c3ccccc13)-c1ccc(-c3nc(-c4ccccc4)nc(-c4ccccc4)n3)cc1C21c2ccccc2Oc2ccccc21. The van der Waals surface area contributed by atoms with Crippen LogP contribution < -0.4 is 4.74 Å². The molecule has 1 aromatic heterocycles. The molecule has 1 aliphatic heterocycles. The summed E-state index contributed by atoms with van der Waals surface area (Å²) in [7, 11) is 0. The van der Waals surface area contributed by atoms with Gasteiger partial charge in [0.1, 0.15) is 11.5 Å². The van der Waals surface area contributed by atoms with Gasteiger partial charge >= 0.3 is 0 Å². The van der Waals surface area contributed by atoms with Crippen molar-refractivity contribution in [3.63, 3.8) is 0 Å². The zero-order valence-electron chi connectivity index (χ0n) is 26.7. The van der Waals surface area contributed by atoms with Crippen molar-refractivity contribution in [2.45, 2.75) is 5.41 Å². The monoisotopic (exact) mass is 638 g/mol. The summed E-state index contributed by atoms with van der Waals surface area (Å²) in [5, 5.41) is 12.5. The Bertz CT molecular complexity index is 2590. The first-order valence-electron chi connectivity index (χ1n) is 16.6. The molecular formula is C45H26N4O. The van der Waals surface area contributed by atoms with Crippen LogP contribution in [0.2, 0.25) is 0 Å². The van der Waals surface area contributed by atoms with E-state index in [0.29, 0.717) is 23.0 Å². The van der Waals surface area contributed by atoms with Crippen LogP contribution in [0.4, 0.5) is 0 Å². The summed E-state index contributed by atoms with van der Waals surface area (Å²) in [5.41, 5.74) is 9.03. The van der Waals surface area contributed by atoms with Gasteiger partial charge in [0.2, 0.25) is 0 Å². The summed E-state index contributed by atoms with van der Waals surface area (Å²) in [6, 6.07) is 56.0. The van der Waals surface area contributed by atoms with Gasteiger partial charge in [-0.3, -0.25) is 0 Å². The highest BCUT2D eigenvalue weighted by Crippen LogP contribution is 2.63. The van der Waals surface area contributed by atoms with E-state index in [2.05, 4.69) is 66.7 Å². The number of nitrogens with zero attached hydrogens (tertiary/aromatic N) is 4. The fourth-order valence-corrected chi connectivity index (χ4v) is 7.92. The molecule has 10 rings (SSSR count). The van der Waals surface area contributed by atoms with Crippen LogP contribution in [0, 0.1) is 11.3 Å². The van der Waals surface area contributed by atoms with Gasteiger partial charge in [-0.15, -0.1) is 0 Å². The summed E-state index contributed by atoms with van der Waals surface area (Å²) in [6.45, 7) is 0. The topological polar surface area (TPSA) is 71.7 Å². The molecule has 5 heteroatoms. The molecule has 1 aliphatic carbocycles. The molecule has 0 saturated heterocycles. The Labute approximate surface area is 288 Å². The Hall–Kier alpha value is -6.90. The lowest BCUT2D eigenvalue weighted by atomic mass is 9.65. The Morgan fingerprint density at radius 2 is 0.980 bits per heavy atom. The van der Waals surface area contributed by atoms with Crippen molar-refractivity contribution in [3.8, 4) is 62.9 Å². The van der Waals surface area contributed by atoms with E-state index >= 15 is 0 Å². The molecule has 2 aliphatic rings. The molecule has 0 saturated carbocycles. The van der Waals surface area contributed by atoms with Crippen molar-refractivity contribution < 1.29 is 4.74 Å². The van der Waals surface area contributed by atoms with Gasteiger partial charge in [-0.1, -0.05) is 133 Å². The minimum atomic E-state index is -0.765. The molecule has 1 spiro atoms. The average Bonchev–Trinajstić information content (AvgIpc) is 3.48. The lowest BCUT2D eigenvalue weighted by Gasteiger charge is -2.39. The van der Waals surface area contributed by atoms with Crippen LogP contribution in [0.1, 0.15) is 27.8 Å². The van der Waals surface area contributed by atoms with E-state index in [4.69, 9.17) is 19.7 Å². The van der Waals surface area contributed by atoms with Crippen molar-refractivity contribution in [1.29, 1.82) is 5.26 Å². The summed E-state index contributed by atoms with van der Waals surface area (Å²) in [6.07, 6.45) is 0. The van der Waals surface area contributed by atoms with Crippen LogP contribution in [0.3, 0.4) is 0 Å². The number of nitriles is 1. The highest BCUT2D eigenvalue weighted by Gasteiger charge is 2.52. The molecule has 0 N–H and O–H groups in total. The highest BCUT2D eigenvalue weighted by atomic mass is 16.5. The summed E-state index contributed by atoms with van der Waals surface area (Å²) >= 11 is 0. The predicted octanol–water partition coefficient (Wildman–Crippen LogP) is 10.4. The van der Waals surface area contributed by atoms with Crippen LogP contribution >= 0.6 is 0 Å². The third-order valence-electron chi connectivity index (χ3n) is 10.0. The predicted molar refractivity (Wildman–Crippen MR) is 196 cm³/mol. The fourth-order valence-electron chi connectivity index (χ4n) is 7.92. The molecule has 5 nitrogen and oxygen atoms in total. The number of rotatable bonds is 3. The Kier molecular flexibility index (Phi) is 6.09. The van der Waals surface area contributed by atoms with Crippen molar-refractivity contribution in [1.82, 2.24) is 15.0 Å². The van der Waals surface area contributed by atoms with E-state index in [1.54, 1.807) is 0 Å². The zero-order valence-corrected chi connectivity index (χ0v) is 26.7. The second-order valence-corrected chi connectivity index (χ2v) is 12.6. The number of benzene rings is 7. The lowest BCUT2D eigenvalue weighted by Crippen LogP contribution is -2.32. The first kappa shape index (κ1) is 28.1. The molecular weight excluding hydrogens is 613 g/mol. The van der Waals surface area contributed by atoms with Gasteiger partial charge in [0.05, 0.1) is 17.0 Å². The number of ether oxygens (including phenoxy) is 1. The molecule has 2 heterocycles. The van der Waals surface area contributed by atoms with E-state index in [1.165, 1.54) is 0 Å². The zero-order chi connectivity index (χ0) is 33.2. The van der Waals surface area contributed by atoms with Gasteiger partial charge in [0.25, 0.3) is 0 Å². The molecule has 0 atom stereocenters. The van der Waals surface area contributed by atoms with Gasteiger partial charge in [-0.25, -0.2) is 15.0 Å². The van der Waals surface area contributed by atoms with Crippen molar-refractivity contribution in [2.75, 3.05) is 0 Å². The molecule has 232 valence electrons. The molecule has 0 unspecified atom stereocenters. The van der Waals surface area contributed by atoms with Gasteiger partial charge in [0, 0.05) is 33.2 Å². The maximum absolute atomic E-state index is 10.5. The van der Waals surface area contributed by atoms with E-state index in [0.717, 1.165) is 72.3 Å². The van der Waals surface area contributed by atoms with Crippen LogP contribution in [0.5, 0.6) is 11.5 Å². The summed E-state index contributed by atoms with van der Waals surface area (Å²) in [4.78, 5) is 15.1. The maximum Gasteiger partial charge on any atom is 0.164 e. The first-order valence-corrected chi connectivity index (χ1v) is 16.6. The van der Waals surface area contributed by atoms with Crippen LogP contribution in [0.15, 0.2) is 158 Å². The quantitative estimate of drug-likeness (QED) is 0.193. The maximum atomic E-state index is 10.5. The number of para-hydroxylation sites is 2. The smallest absolute Gasteiger partial charge is 0.164 e. The summed E-state index contributed by atoms with van der Waals surface area (Å²) < 4.78 is 6.58. The Balaban J connectivity index is 1.31. The van der Waals surface area contributed by atoms with Crippen molar-refractivity contribution in [2.24, 2.45) is 0 Å². The molecule has 8 aromatic rings. The number of hydrogen-bond acceptors (Lipinski definition) is 5. The molecule has 50 heavy (non-hydrogen) atoms. The van der Waals surface area contributed by atoms with E-state index < -0.39 is 5.41 Å². The summed E-state index contributed by atoms with van der Waals surface area (Å²) in [5.74, 6) is 3.39. The van der Waals surface area contributed by atoms with Gasteiger partial charge in [-0.05, 0) is 51.9 Å². The van der Waals surface area contributed by atoms with E-state index in [-0.39, 0.29) is 0 Å².